The van der Waals surface area contributed by atoms with Crippen molar-refractivity contribution in [3.8, 4) is 5.75 Å². The van der Waals surface area contributed by atoms with Gasteiger partial charge in [-0.25, -0.2) is 0 Å². The molecule has 0 fully saturated rings. The van der Waals surface area contributed by atoms with Gasteiger partial charge in [0.05, 0.1) is 7.11 Å². The molecule has 25 heavy (non-hydrogen) atoms. The summed E-state index contributed by atoms with van der Waals surface area (Å²) in [4.78, 5) is 11.7. The molecular weight excluding hydrogens is 359 g/mol. The van der Waals surface area contributed by atoms with Gasteiger partial charge in [-0.1, -0.05) is 29.3 Å². The Labute approximate surface area is 157 Å². The number of fused-ring (bicyclic) bond motifs is 1. The van der Waals surface area contributed by atoms with Crippen molar-refractivity contribution in [1.82, 2.24) is 0 Å². The summed E-state index contributed by atoms with van der Waals surface area (Å²) in [5, 5.41) is 1.12. The van der Waals surface area contributed by atoms with Crippen LogP contribution in [0.15, 0.2) is 36.4 Å². The predicted molar refractivity (Wildman–Crippen MR) is 101 cm³/mol. The van der Waals surface area contributed by atoms with Crippen LogP contribution in [0, 0.1) is 0 Å². The normalized spacial score (nSPS) is 13.9. The standard InChI is InChI=1S/C20H18Cl2O3/c1-12(23)25-20-16-9-7-15(24-2)10-13(16)4-3-5-18(20)17-8-6-14(21)11-19(17)22/h6-11H,3-5H2,1-2H3. The van der Waals surface area contributed by atoms with Crippen LogP contribution in [0.4, 0.5) is 0 Å². The second-order valence-electron chi connectivity index (χ2n) is 5.90. The minimum Gasteiger partial charge on any atom is -0.497 e. The Kier molecular flexibility index (Phi) is 5.36. The van der Waals surface area contributed by atoms with E-state index in [-0.39, 0.29) is 5.97 Å². The molecule has 2 aromatic rings. The van der Waals surface area contributed by atoms with Crippen molar-refractivity contribution in [2.45, 2.75) is 26.2 Å². The lowest BCUT2D eigenvalue weighted by Gasteiger charge is -2.16. The van der Waals surface area contributed by atoms with Gasteiger partial charge in [0, 0.05) is 33.7 Å². The number of methoxy groups -OCH3 is 1. The highest BCUT2D eigenvalue weighted by Crippen LogP contribution is 2.40. The van der Waals surface area contributed by atoms with Gasteiger partial charge in [0.15, 0.2) is 0 Å². The first-order valence-electron chi connectivity index (χ1n) is 8.04. The molecule has 0 saturated carbocycles. The Morgan fingerprint density at radius 2 is 1.80 bits per heavy atom. The van der Waals surface area contributed by atoms with Crippen molar-refractivity contribution in [1.29, 1.82) is 0 Å². The Hall–Kier alpha value is -1.97. The van der Waals surface area contributed by atoms with Crippen molar-refractivity contribution in [3.63, 3.8) is 0 Å². The molecule has 5 heteroatoms. The van der Waals surface area contributed by atoms with Crippen LogP contribution in [0.1, 0.15) is 36.5 Å². The largest absolute Gasteiger partial charge is 0.497 e. The van der Waals surface area contributed by atoms with Gasteiger partial charge in [-0.2, -0.15) is 0 Å². The summed E-state index contributed by atoms with van der Waals surface area (Å²) in [7, 11) is 1.64. The van der Waals surface area contributed by atoms with Gasteiger partial charge in [-0.3, -0.25) is 4.79 Å². The summed E-state index contributed by atoms with van der Waals surface area (Å²) in [5.41, 5.74) is 3.75. The maximum atomic E-state index is 11.7. The van der Waals surface area contributed by atoms with E-state index < -0.39 is 0 Å². The fourth-order valence-corrected chi connectivity index (χ4v) is 3.63. The SMILES string of the molecule is COc1ccc2c(c1)CCCC(c1ccc(Cl)cc1Cl)=C2OC(C)=O. The third kappa shape index (κ3) is 3.83. The number of rotatable bonds is 3. The predicted octanol–water partition coefficient (Wildman–Crippen LogP) is 5.77. The molecule has 0 amide bonds. The molecule has 0 atom stereocenters. The lowest BCUT2D eigenvalue weighted by atomic mass is 9.98. The van der Waals surface area contributed by atoms with E-state index in [2.05, 4.69) is 0 Å². The highest BCUT2D eigenvalue weighted by molar-refractivity contribution is 6.36. The second kappa shape index (κ2) is 7.51. The number of carbonyl (C=O) groups excluding carboxylic acids is 1. The van der Waals surface area contributed by atoms with Crippen LogP contribution >= 0.6 is 23.2 Å². The number of ether oxygens (including phenoxy) is 2. The molecule has 1 aliphatic carbocycles. The van der Waals surface area contributed by atoms with Gasteiger partial charge in [0.25, 0.3) is 0 Å². The van der Waals surface area contributed by atoms with Gasteiger partial charge in [0.1, 0.15) is 11.5 Å². The zero-order chi connectivity index (χ0) is 18.0. The van der Waals surface area contributed by atoms with Crippen LogP contribution in [-0.2, 0) is 16.0 Å². The topological polar surface area (TPSA) is 35.5 Å². The molecule has 0 aliphatic heterocycles. The number of halogens is 2. The molecule has 0 heterocycles. The van der Waals surface area contributed by atoms with Gasteiger partial charge in [-0.05, 0) is 55.2 Å². The first kappa shape index (κ1) is 17.8. The van der Waals surface area contributed by atoms with Gasteiger partial charge < -0.3 is 9.47 Å². The lowest BCUT2D eigenvalue weighted by Crippen LogP contribution is -2.03. The molecule has 0 saturated heterocycles. The summed E-state index contributed by atoms with van der Waals surface area (Å²) in [6.45, 7) is 1.40. The molecule has 0 spiro atoms. The van der Waals surface area contributed by atoms with E-state index in [4.69, 9.17) is 32.7 Å². The van der Waals surface area contributed by atoms with E-state index in [1.54, 1.807) is 19.2 Å². The molecule has 130 valence electrons. The van der Waals surface area contributed by atoms with Crippen molar-refractivity contribution >= 4 is 40.5 Å². The molecule has 0 bridgehead atoms. The number of benzene rings is 2. The molecule has 3 nitrogen and oxygen atoms in total. The van der Waals surface area contributed by atoms with E-state index in [9.17, 15) is 4.79 Å². The molecule has 1 aliphatic rings. The molecule has 0 unspecified atom stereocenters. The monoisotopic (exact) mass is 376 g/mol. The number of hydrogen-bond acceptors (Lipinski definition) is 3. The Bertz CT molecular complexity index is 856. The van der Waals surface area contributed by atoms with Crippen molar-refractivity contribution in [2.75, 3.05) is 7.11 Å². The van der Waals surface area contributed by atoms with Gasteiger partial charge >= 0.3 is 5.97 Å². The molecule has 0 N–H and O–H groups in total. The van der Waals surface area contributed by atoms with Crippen LogP contribution in [0.3, 0.4) is 0 Å². The van der Waals surface area contributed by atoms with E-state index in [1.807, 2.05) is 24.3 Å². The van der Waals surface area contributed by atoms with E-state index >= 15 is 0 Å². The zero-order valence-electron chi connectivity index (χ0n) is 14.1. The van der Waals surface area contributed by atoms with Gasteiger partial charge in [-0.15, -0.1) is 0 Å². The van der Waals surface area contributed by atoms with E-state index in [0.717, 1.165) is 47.3 Å². The minimum atomic E-state index is -0.360. The van der Waals surface area contributed by atoms with E-state index in [0.29, 0.717) is 15.8 Å². The average Bonchev–Trinajstić information content (AvgIpc) is 2.74. The number of carbonyl (C=O) groups is 1. The van der Waals surface area contributed by atoms with Crippen LogP contribution in [0.5, 0.6) is 5.75 Å². The maximum absolute atomic E-state index is 11.7. The maximum Gasteiger partial charge on any atom is 0.308 e. The Morgan fingerprint density at radius 3 is 2.48 bits per heavy atom. The highest BCUT2D eigenvalue weighted by Gasteiger charge is 2.23. The lowest BCUT2D eigenvalue weighted by molar-refractivity contribution is -0.134. The Morgan fingerprint density at radius 1 is 1.04 bits per heavy atom. The van der Waals surface area contributed by atoms with Crippen LogP contribution < -0.4 is 4.74 Å². The molecule has 3 rings (SSSR count). The highest BCUT2D eigenvalue weighted by atomic mass is 35.5. The first-order chi connectivity index (χ1) is 12.0. The number of aryl methyl sites for hydroxylation is 1. The molecule has 0 aromatic heterocycles. The first-order valence-corrected chi connectivity index (χ1v) is 8.79. The number of esters is 1. The summed E-state index contributed by atoms with van der Waals surface area (Å²) < 4.78 is 11.0. The molecule has 2 aromatic carbocycles. The summed E-state index contributed by atoms with van der Waals surface area (Å²) in [6.07, 6.45) is 2.53. The van der Waals surface area contributed by atoms with Crippen LogP contribution in [0.2, 0.25) is 10.0 Å². The number of hydrogen-bond donors (Lipinski definition) is 0. The third-order valence-electron chi connectivity index (χ3n) is 4.21. The molecule has 0 radical (unpaired) electrons. The average molecular weight is 377 g/mol. The smallest absolute Gasteiger partial charge is 0.308 e. The van der Waals surface area contributed by atoms with Crippen LogP contribution in [-0.4, -0.2) is 13.1 Å². The fraction of sp³-hybridized carbons (Fsp3) is 0.250. The van der Waals surface area contributed by atoms with Crippen molar-refractivity contribution in [3.05, 3.63) is 63.1 Å². The van der Waals surface area contributed by atoms with Gasteiger partial charge in [0.2, 0.25) is 0 Å². The zero-order valence-corrected chi connectivity index (χ0v) is 15.6. The fourth-order valence-electron chi connectivity index (χ4n) is 3.11. The third-order valence-corrected chi connectivity index (χ3v) is 4.75. The van der Waals surface area contributed by atoms with Crippen LogP contribution in [0.25, 0.3) is 11.3 Å². The van der Waals surface area contributed by atoms with Crippen molar-refractivity contribution < 1.29 is 14.3 Å². The quantitative estimate of drug-likeness (QED) is 0.637. The summed E-state index contributed by atoms with van der Waals surface area (Å²) >= 11 is 12.4. The summed E-state index contributed by atoms with van der Waals surface area (Å²) in [5.74, 6) is 0.988. The molecular formula is C20H18Cl2O3. The Balaban J connectivity index is 2.22. The minimum absolute atomic E-state index is 0.360. The van der Waals surface area contributed by atoms with E-state index in [1.165, 1.54) is 6.92 Å². The van der Waals surface area contributed by atoms with Crippen molar-refractivity contribution in [2.24, 2.45) is 0 Å². The number of allylic oxidation sites excluding steroid dienone is 1. The second-order valence-corrected chi connectivity index (χ2v) is 6.75. The summed E-state index contributed by atoms with van der Waals surface area (Å²) in [6, 6.07) is 11.2.